The van der Waals surface area contributed by atoms with Gasteiger partial charge in [0.2, 0.25) is 0 Å². The maximum Gasteiger partial charge on any atom is 0.328 e. The highest BCUT2D eigenvalue weighted by molar-refractivity contribution is 5.89. The molecule has 0 spiro atoms. The van der Waals surface area contributed by atoms with Crippen molar-refractivity contribution in [3.05, 3.63) is 42.6 Å². The lowest BCUT2D eigenvalue weighted by molar-refractivity contribution is -0.134. The molecule has 0 saturated carbocycles. The van der Waals surface area contributed by atoms with Crippen LogP contribution in [0.2, 0.25) is 0 Å². The molecule has 6 heteroatoms. The van der Waals surface area contributed by atoms with Gasteiger partial charge in [-0.1, -0.05) is 17.3 Å². The largest absolute Gasteiger partial charge is 0.478 e. The number of carboxylic acids is 2. The second-order valence-electron chi connectivity index (χ2n) is 2.87. The lowest BCUT2D eigenvalue weighted by atomic mass is 10.3. The van der Waals surface area contributed by atoms with Crippen LogP contribution in [0.5, 0.6) is 0 Å². The molecular weight excluding hydrogens is 226 g/mol. The summed E-state index contributed by atoms with van der Waals surface area (Å²) >= 11 is 0. The number of para-hydroxylation sites is 1. The molecule has 0 fully saturated rings. The Morgan fingerprint density at radius 2 is 1.71 bits per heavy atom. The number of fused-ring (bicyclic) bond motifs is 1. The molecule has 88 valence electrons. The van der Waals surface area contributed by atoms with Gasteiger partial charge in [0.05, 0.1) is 6.20 Å². The van der Waals surface area contributed by atoms with Gasteiger partial charge in [0.25, 0.3) is 0 Å². The highest BCUT2D eigenvalue weighted by atomic mass is 16.5. The zero-order chi connectivity index (χ0) is 12.7. The molecule has 2 N–H and O–H groups in total. The van der Waals surface area contributed by atoms with Crippen LogP contribution in [0, 0.1) is 0 Å². The second-order valence-corrected chi connectivity index (χ2v) is 2.87. The number of aliphatic carboxylic acids is 2. The molecule has 17 heavy (non-hydrogen) atoms. The second kappa shape index (κ2) is 6.06. The van der Waals surface area contributed by atoms with Gasteiger partial charge in [-0.3, -0.25) is 0 Å². The summed E-state index contributed by atoms with van der Waals surface area (Å²) in [5.41, 5.74) is 0.845. The van der Waals surface area contributed by atoms with Crippen LogP contribution < -0.4 is 0 Å². The summed E-state index contributed by atoms with van der Waals surface area (Å²) in [6, 6.07) is 7.74. The average molecular weight is 235 g/mol. The summed E-state index contributed by atoms with van der Waals surface area (Å²) in [5.74, 6) is -2.51. The number of carboxylic acid groups (broad SMARTS) is 2. The number of nitrogens with zero attached hydrogens (tertiary/aromatic N) is 1. The minimum Gasteiger partial charge on any atom is -0.478 e. The number of carbonyl (C=O) groups is 2. The molecule has 1 heterocycles. The van der Waals surface area contributed by atoms with Crippen LogP contribution in [-0.4, -0.2) is 27.3 Å². The SMILES string of the molecule is O=C(O)/C=C\C(=O)O.c1ccc2oncc2c1. The summed E-state index contributed by atoms with van der Waals surface area (Å²) in [6.07, 6.45) is 2.82. The number of benzene rings is 1. The smallest absolute Gasteiger partial charge is 0.328 e. The summed E-state index contributed by atoms with van der Waals surface area (Å²) < 4.78 is 4.87. The molecule has 2 aromatic rings. The van der Waals surface area contributed by atoms with Crippen LogP contribution in [0.3, 0.4) is 0 Å². The highest BCUT2D eigenvalue weighted by Gasteiger charge is 1.91. The molecule has 1 aromatic heterocycles. The van der Waals surface area contributed by atoms with Gasteiger partial charge in [0.1, 0.15) is 0 Å². The fraction of sp³-hybridized carbons (Fsp3) is 0. The Labute approximate surface area is 95.8 Å². The van der Waals surface area contributed by atoms with Gasteiger partial charge >= 0.3 is 11.9 Å². The molecule has 2 rings (SSSR count). The van der Waals surface area contributed by atoms with Crippen molar-refractivity contribution in [3.8, 4) is 0 Å². The maximum atomic E-state index is 9.55. The molecule has 0 aliphatic carbocycles. The van der Waals surface area contributed by atoms with Crippen molar-refractivity contribution < 1.29 is 24.3 Å². The third-order valence-electron chi connectivity index (χ3n) is 1.63. The Hall–Kier alpha value is -2.63. The van der Waals surface area contributed by atoms with E-state index in [1.165, 1.54) is 0 Å². The first-order valence-corrected chi connectivity index (χ1v) is 4.53. The first-order valence-electron chi connectivity index (χ1n) is 4.53. The normalized spacial score (nSPS) is 9.88. The summed E-state index contributed by atoms with van der Waals surface area (Å²) in [7, 11) is 0. The zero-order valence-corrected chi connectivity index (χ0v) is 8.61. The van der Waals surface area contributed by atoms with Crippen molar-refractivity contribution >= 4 is 22.9 Å². The summed E-state index contributed by atoms with van der Waals surface area (Å²) in [6.45, 7) is 0. The molecule has 6 nitrogen and oxygen atoms in total. The van der Waals surface area contributed by atoms with Gasteiger partial charge in [-0.15, -0.1) is 0 Å². The standard InChI is InChI=1S/C7H5NO.C4H4O4/c1-2-4-7-6(3-1)5-8-9-7;5-3(6)1-2-4(7)8/h1-5H;1-2H,(H,5,6)(H,7,8)/b;2-1-. The van der Waals surface area contributed by atoms with Gasteiger partial charge in [-0.2, -0.15) is 0 Å². The predicted octanol–water partition coefficient (Wildman–Crippen LogP) is 1.54. The highest BCUT2D eigenvalue weighted by Crippen LogP contribution is 2.10. The molecule has 0 amide bonds. The van der Waals surface area contributed by atoms with E-state index in [9.17, 15) is 9.59 Å². The fourth-order valence-electron chi connectivity index (χ4n) is 0.953. The number of hydrogen-bond acceptors (Lipinski definition) is 4. The quantitative estimate of drug-likeness (QED) is 0.765. The van der Waals surface area contributed by atoms with E-state index in [4.69, 9.17) is 14.7 Å². The van der Waals surface area contributed by atoms with Crippen molar-refractivity contribution in [2.45, 2.75) is 0 Å². The molecule has 0 saturated heterocycles. The molecule has 0 unspecified atom stereocenters. The molecule has 0 atom stereocenters. The van der Waals surface area contributed by atoms with Gasteiger partial charge in [-0.25, -0.2) is 9.59 Å². The Morgan fingerprint density at radius 3 is 2.24 bits per heavy atom. The van der Waals surface area contributed by atoms with E-state index < -0.39 is 11.9 Å². The van der Waals surface area contributed by atoms with E-state index in [1.807, 2.05) is 24.3 Å². The van der Waals surface area contributed by atoms with Crippen molar-refractivity contribution in [2.75, 3.05) is 0 Å². The van der Waals surface area contributed by atoms with Gasteiger partial charge in [-0.05, 0) is 12.1 Å². The zero-order valence-electron chi connectivity index (χ0n) is 8.61. The van der Waals surface area contributed by atoms with E-state index in [0.717, 1.165) is 11.0 Å². The van der Waals surface area contributed by atoms with E-state index in [2.05, 4.69) is 5.16 Å². The third-order valence-corrected chi connectivity index (χ3v) is 1.63. The first kappa shape index (κ1) is 12.4. The monoisotopic (exact) mass is 235 g/mol. The van der Waals surface area contributed by atoms with Crippen LogP contribution in [0.15, 0.2) is 47.1 Å². The fourth-order valence-corrected chi connectivity index (χ4v) is 0.953. The first-order chi connectivity index (χ1) is 8.09. The van der Waals surface area contributed by atoms with Crippen LogP contribution in [0.4, 0.5) is 0 Å². The minimum absolute atomic E-state index is 0.558. The van der Waals surface area contributed by atoms with Crippen LogP contribution >= 0.6 is 0 Å². The minimum atomic E-state index is -1.26. The maximum absolute atomic E-state index is 9.55. The topological polar surface area (TPSA) is 101 Å². The summed E-state index contributed by atoms with van der Waals surface area (Å²) in [4.78, 5) is 19.1. The Balaban J connectivity index is 0.000000172. The Bertz CT molecular complexity index is 497. The van der Waals surface area contributed by atoms with E-state index >= 15 is 0 Å². The summed E-state index contributed by atoms with van der Waals surface area (Å²) in [5, 5.41) is 20.3. The van der Waals surface area contributed by atoms with Crippen LogP contribution in [-0.2, 0) is 9.59 Å². The van der Waals surface area contributed by atoms with Gasteiger partial charge in [0.15, 0.2) is 5.58 Å². The number of aromatic nitrogens is 1. The van der Waals surface area contributed by atoms with Crippen molar-refractivity contribution in [1.29, 1.82) is 0 Å². The molecule has 0 radical (unpaired) electrons. The van der Waals surface area contributed by atoms with Gasteiger partial charge in [0, 0.05) is 17.5 Å². The van der Waals surface area contributed by atoms with E-state index in [-0.39, 0.29) is 0 Å². The lowest BCUT2D eigenvalue weighted by Crippen LogP contribution is -1.91. The van der Waals surface area contributed by atoms with Crippen LogP contribution in [0.25, 0.3) is 11.0 Å². The lowest BCUT2D eigenvalue weighted by Gasteiger charge is -1.78. The van der Waals surface area contributed by atoms with Crippen LogP contribution in [0.1, 0.15) is 0 Å². The average Bonchev–Trinajstić information content (AvgIpc) is 2.75. The van der Waals surface area contributed by atoms with E-state index in [0.29, 0.717) is 12.2 Å². The Kier molecular flexibility index (Phi) is 4.44. The molecule has 1 aromatic carbocycles. The predicted molar refractivity (Wildman–Crippen MR) is 58.4 cm³/mol. The van der Waals surface area contributed by atoms with Crippen molar-refractivity contribution in [2.24, 2.45) is 0 Å². The third kappa shape index (κ3) is 4.61. The van der Waals surface area contributed by atoms with Crippen molar-refractivity contribution in [3.63, 3.8) is 0 Å². The van der Waals surface area contributed by atoms with Gasteiger partial charge < -0.3 is 14.7 Å². The molecule has 0 bridgehead atoms. The molecular formula is C11H9NO5. The number of rotatable bonds is 2. The number of hydrogen-bond donors (Lipinski definition) is 2. The Morgan fingerprint density at radius 1 is 1.12 bits per heavy atom. The molecule has 0 aliphatic heterocycles. The van der Waals surface area contributed by atoms with Crippen molar-refractivity contribution in [1.82, 2.24) is 5.16 Å². The molecule has 0 aliphatic rings. The van der Waals surface area contributed by atoms with E-state index in [1.54, 1.807) is 6.20 Å².